The molecule has 0 spiro atoms. The fraction of sp³-hybridized carbons (Fsp3) is 0.304. The van der Waals surface area contributed by atoms with Crippen LogP contribution in [-0.2, 0) is 0 Å². The molecule has 0 radical (unpaired) electrons. The molecule has 2 unspecified atom stereocenters. The fourth-order valence-electron chi connectivity index (χ4n) is 4.58. The number of aliphatic hydroxyl groups excluding tert-OH is 1. The van der Waals surface area contributed by atoms with Gasteiger partial charge in [0.2, 0.25) is 0 Å². The van der Waals surface area contributed by atoms with Crippen LogP contribution < -0.4 is 4.74 Å². The third kappa shape index (κ3) is 3.04. The van der Waals surface area contributed by atoms with Crippen LogP contribution in [0, 0.1) is 11.8 Å². The summed E-state index contributed by atoms with van der Waals surface area (Å²) < 4.78 is 33.1. The van der Waals surface area contributed by atoms with Crippen molar-refractivity contribution in [1.29, 1.82) is 0 Å². The van der Waals surface area contributed by atoms with Gasteiger partial charge >= 0.3 is 6.61 Å². The molecule has 2 bridgehead atoms. The molecule has 2 aliphatic heterocycles. The molecule has 0 saturated carbocycles. The van der Waals surface area contributed by atoms with Gasteiger partial charge in [-0.2, -0.15) is 8.78 Å². The number of rotatable bonds is 3. The number of fused-ring (bicyclic) bond motifs is 9. The van der Waals surface area contributed by atoms with Crippen LogP contribution in [0.15, 0.2) is 36.4 Å². The van der Waals surface area contributed by atoms with E-state index in [-0.39, 0.29) is 30.3 Å². The summed E-state index contributed by atoms with van der Waals surface area (Å²) in [6.45, 7) is -3.00. The Morgan fingerprint density at radius 2 is 2.13 bits per heavy atom. The lowest BCUT2D eigenvalue weighted by atomic mass is 9.97. The van der Waals surface area contributed by atoms with E-state index in [2.05, 4.69) is 11.8 Å². The number of hydrogen-bond acceptors (Lipinski definition) is 4. The minimum absolute atomic E-state index is 0.00786. The molecule has 2 aromatic carbocycles. The molecule has 2 atom stereocenters. The Bertz CT molecular complexity index is 1260. The summed E-state index contributed by atoms with van der Waals surface area (Å²) >= 11 is 0. The lowest BCUT2D eigenvalue weighted by Crippen LogP contribution is -2.30. The first-order chi connectivity index (χ1) is 15.0. The third-order valence-electron chi connectivity index (χ3n) is 5.88. The highest BCUT2D eigenvalue weighted by Crippen LogP contribution is 2.49. The summed E-state index contributed by atoms with van der Waals surface area (Å²) in [6.07, 6.45) is 0.902. The van der Waals surface area contributed by atoms with E-state index in [1.165, 1.54) is 6.07 Å². The molecular formula is C23H19F2N3O3. The van der Waals surface area contributed by atoms with Gasteiger partial charge in [0.1, 0.15) is 11.6 Å². The van der Waals surface area contributed by atoms with Crippen molar-refractivity contribution in [3.05, 3.63) is 58.9 Å². The number of aliphatic hydroxyl groups is 1. The third-order valence-corrected chi connectivity index (χ3v) is 5.88. The second kappa shape index (κ2) is 7.36. The van der Waals surface area contributed by atoms with Gasteiger partial charge in [-0.25, -0.2) is 4.98 Å². The van der Waals surface area contributed by atoms with E-state index in [0.29, 0.717) is 29.8 Å². The second-order valence-corrected chi connectivity index (χ2v) is 7.60. The summed E-state index contributed by atoms with van der Waals surface area (Å²) in [5, 5.41) is 8.95. The molecule has 6 nitrogen and oxygen atoms in total. The lowest BCUT2D eigenvalue weighted by molar-refractivity contribution is -0.0507. The van der Waals surface area contributed by atoms with Gasteiger partial charge < -0.3 is 19.3 Å². The zero-order valence-electron chi connectivity index (χ0n) is 16.7. The van der Waals surface area contributed by atoms with Gasteiger partial charge in [-0.05, 0) is 30.3 Å². The largest absolute Gasteiger partial charge is 0.434 e. The first-order valence-corrected chi connectivity index (χ1v) is 9.96. The Balaban J connectivity index is 1.73. The number of amides is 1. The smallest absolute Gasteiger partial charge is 0.387 e. The SMILES string of the molecule is CN1C(=O)c2cccc(OC(F)F)c2C2CC1c1nc3ccc(C#CCCO)cc3n12. The molecule has 3 heterocycles. The Kier molecular flexibility index (Phi) is 4.63. The molecule has 1 aromatic heterocycles. The topological polar surface area (TPSA) is 67.6 Å². The van der Waals surface area contributed by atoms with Crippen LogP contribution in [0.4, 0.5) is 8.78 Å². The average Bonchev–Trinajstić information content (AvgIpc) is 3.26. The van der Waals surface area contributed by atoms with Gasteiger partial charge in [0.15, 0.2) is 0 Å². The van der Waals surface area contributed by atoms with Crippen LogP contribution in [0.5, 0.6) is 5.75 Å². The van der Waals surface area contributed by atoms with Gasteiger partial charge in [-0.15, -0.1) is 0 Å². The molecule has 2 aliphatic rings. The summed E-state index contributed by atoms with van der Waals surface area (Å²) in [5.41, 5.74) is 3.15. The van der Waals surface area contributed by atoms with Gasteiger partial charge in [0.25, 0.3) is 5.91 Å². The molecule has 0 fully saturated rings. The zero-order chi connectivity index (χ0) is 21.7. The van der Waals surface area contributed by atoms with Gasteiger partial charge in [0.05, 0.1) is 29.7 Å². The maximum Gasteiger partial charge on any atom is 0.387 e. The normalized spacial score (nSPS) is 19.1. The molecule has 8 heteroatoms. The highest BCUT2D eigenvalue weighted by Gasteiger charge is 2.44. The molecule has 158 valence electrons. The summed E-state index contributed by atoms with van der Waals surface area (Å²) in [5.74, 6) is 6.41. The Morgan fingerprint density at radius 1 is 1.29 bits per heavy atom. The molecule has 5 rings (SSSR count). The van der Waals surface area contributed by atoms with Crippen molar-refractivity contribution in [1.82, 2.24) is 14.5 Å². The number of ether oxygens (including phenoxy) is 1. The Morgan fingerprint density at radius 3 is 2.90 bits per heavy atom. The van der Waals surface area contributed by atoms with Crippen LogP contribution in [0.2, 0.25) is 0 Å². The number of alkyl halides is 2. The molecule has 1 N–H and O–H groups in total. The molecule has 3 aromatic rings. The quantitative estimate of drug-likeness (QED) is 0.655. The van der Waals surface area contributed by atoms with Crippen molar-refractivity contribution in [2.75, 3.05) is 13.7 Å². The van der Waals surface area contributed by atoms with Gasteiger partial charge in [-0.3, -0.25) is 4.79 Å². The predicted molar refractivity (Wildman–Crippen MR) is 109 cm³/mol. The van der Waals surface area contributed by atoms with E-state index < -0.39 is 6.61 Å². The van der Waals surface area contributed by atoms with Gasteiger partial charge in [-0.1, -0.05) is 17.9 Å². The van der Waals surface area contributed by atoms with E-state index in [1.54, 1.807) is 24.1 Å². The van der Waals surface area contributed by atoms with Gasteiger partial charge in [0, 0.05) is 36.6 Å². The first-order valence-electron chi connectivity index (χ1n) is 9.96. The number of benzene rings is 2. The lowest BCUT2D eigenvalue weighted by Gasteiger charge is -2.24. The van der Waals surface area contributed by atoms with E-state index in [1.807, 2.05) is 22.8 Å². The number of aromatic nitrogens is 2. The van der Waals surface area contributed by atoms with Crippen molar-refractivity contribution in [2.45, 2.75) is 31.5 Å². The standard InChI is InChI=1S/C23H19F2N3O3/c1-27-18-12-17(20-14(22(27)30)6-4-7-19(20)31-23(24)25)28-16-11-13(5-2-3-10-29)8-9-15(16)26-21(18)28/h4,6-9,11,17-18,23,29H,3,10,12H2,1H3. The summed E-state index contributed by atoms with van der Waals surface area (Å²) in [4.78, 5) is 19.5. The predicted octanol–water partition coefficient (Wildman–Crippen LogP) is 3.49. The number of halogens is 2. The summed E-state index contributed by atoms with van der Waals surface area (Å²) in [6, 6.07) is 9.66. The zero-order valence-corrected chi connectivity index (χ0v) is 16.7. The van der Waals surface area contributed by atoms with Crippen LogP contribution in [0.3, 0.4) is 0 Å². The van der Waals surface area contributed by atoms with Crippen LogP contribution in [-0.4, -0.2) is 45.7 Å². The number of carbonyl (C=O) groups excluding carboxylic acids is 1. The van der Waals surface area contributed by atoms with E-state index in [9.17, 15) is 13.6 Å². The highest BCUT2D eigenvalue weighted by molar-refractivity contribution is 5.97. The minimum atomic E-state index is -2.99. The number of nitrogens with zero attached hydrogens (tertiary/aromatic N) is 3. The molecular weight excluding hydrogens is 404 g/mol. The summed E-state index contributed by atoms with van der Waals surface area (Å²) in [7, 11) is 1.71. The monoisotopic (exact) mass is 423 g/mol. The first kappa shape index (κ1) is 19.5. The van der Waals surface area contributed by atoms with Crippen LogP contribution >= 0.6 is 0 Å². The maximum atomic E-state index is 13.1. The fourth-order valence-corrected chi connectivity index (χ4v) is 4.58. The van der Waals surface area contributed by atoms with E-state index in [0.717, 1.165) is 16.6 Å². The van der Waals surface area contributed by atoms with Crippen LogP contribution in [0.1, 0.15) is 52.2 Å². The highest BCUT2D eigenvalue weighted by atomic mass is 19.3. The van der Waals surface area contributed by atoms with Crippen molar-refractivity contribution in [2.24, 2.45) is 0 Å². The number of carbonyl (C=O) groups is 1. The van der Waals surface area contributed by atoms with Crippen molar-refractivity contribution in [3.8, 4) is 17.6 Å². The maximum absolute atomic E-state index is 13.1. The van der Waals surface area contributed by atoms with Crippen molar-refractivity contribution >= 4 is 16.9 Å². The van der Waals surface area contributed by atoms with E-state index in [4.69, 9.17) is 14.8 Å². The molecule has 1 amide bonds. The average molecular weight is 423 g/mol. The molecule has 0 saturated heterocycles. The van der Waals surface area contributed by atoms with Crippen molar-refractivity contribution < 1.29 is 23.4 Å². The van der Waals surface area contributed by atoms with E-state index >= 15 is 0 Å². The molecule has 0 aliphatic carbocycles. The second-order valence-electron chi connectivity index (χ2n) is 7.60. The molecule has 31 heavy (non-hydrogen) atoms. The van der Waals surface area contributed by atoms with Crippen molar-refractivity contribution in [3.63, 3.8) is 0 Å². The Labute approximate surface area is 177 Å². The number of imidazole rings is 1. The number of hydrogen-bond donors (Lipinski definition) is 1. The van der Waals surface area contributed by atoms with Crippen LogP contribution in [0.25, 0.3) is 11.0 Å². The minimum Gasteiger partial charge on any atom is -0.434 e. The Hall–Kier alpha value is -3.44.